The van der Waals surface area contributed by atoms with Crippen LogP contribution in [-0.2, 0) is 65.4 Å². The van der Waals surface area contributed by atoms with Crippen molar-refractivity contribution < 1.29 is 80.2 Å². The number of phosphoric ester groups is 2. The molecule has 0 saturated carbocycles. The summed E-state index contributed by atoms with van der Waals surface area (Å²) in [5, 5.41) is 10.6. The standard InChI is InChI=1S/C74H144O17P2/c1-6-10-13-16-19-22-24-26-28-30-32-34-36-39-42-48-53-58-72(77)85-63-69(90-73(78)59-54-49-43-40-37-35-33-31-29-27-25-23-20-17-14-11-7-2)65-88-92(80,81)86-61-68(75)62-87-93(82,83)89-66-70(64-84-71(76)57-52-47-41-38-21-18-15-12-8-3)91-74(79)60-55-50-45-44-46-51-56-67(5)9-4/h67-70,75H,6-66H2,1-5H3,(H,80,81)(H,82,83)/t67?,68-,69-,70-/m1/s1. The number of phosphoric acid groups is 2. The summed E-state index contributed by atoms with van der Waals surface area (Å²) >= 11 is 0. The Morgan fingerprint density at radius 1 is 0.301 bits per heavy atom. The molecule has 0 heterocycles. The molecule has 0 fully saturated rings. The van der Waals surface area contributed by atoms with Crippen LogP contribution in [0, 0.1) is 5.92 Å². The van der Waals surface area contributed by atoms with E-state index in [1.165, 1.54) is 212 Å². The number of carbonyl (C=O) groups excluding carboxylic acids is 4. The van der Waals surface area contributed by atoms with Crippen molar-refractivity contribution in [3.8, 4) is 0 Å². The van der Waals surface area contributed by atoms with Gasteiger partial charge in [0.15, 0.2) is 12.2 Å². The Bertz CT molecular complexity index is 1790. The van der Waals surface area contributed by atoms with Crippen LogP contribution in [0.4, 0.5) is 0 Å². The summed E-state index contributed by atoms with van der Waals surface area (Å²) in [5.74, 6) is -1.40. The average molecular weight is 1370 g/mol. The maximum Gasteiger partial charge on any atom is 0.472 e. The van der Waals surface area contributed by atoms with Crippen molar-refractivity contribution in [1.29, 1.82) is 0 Å². The molecule has 93 heavy (non-hydrogen) atoms. The first kappa shape index (κ1) is 91.1. The molecule has 0 aromatic carbocycles. The monoisotopic (exact) mass is 1370 g/mol. The molecule has 17 nitrogen and oxygen atoms in total. The lowest BCUT2D eigenvalue weighted by molar-refractivity contribution is -0.161. The second-order valence-electron chi connectivity index (χ2n) is 26.9. The summed E-state index contributed by atoms with van der Waals surface area (Å²) in [7, 11) is -9.90. The van der Waals surface area contributed by atoms with E-state index in [9.17, 15) is 43.2 Å². The van der Waals surface area contributed by atoms with Crippen molar-refractivity contribution in [2.75, 3.05) is 39.6 Å². The molecule has 0 bridgehead atoms. The summed E-state index contributed by atoms with van der Waals surface area (Å²) in [6.07, 6.45) is 55.6. The molecule has 0 aromatic rings. The Morgan fingerprint density at radius 2 is 0.516 bits per heavy atom. The SMILES string of the molecule is CCCCCCCCCCCCCCCCCCCC(=O)OC[C@H](COP(=O)(O)OC[C@@H](O)COP(=O)(O)OC[C@@H](COC(=O)CCCCCCCCCCC)OC(=O)CCCCCCCCC(C)CC)OC(=O)CCCCCCCCCCCCCCCCCCC. The number of hydrogen-bond donors (Lipinski definition) is 3. The van der Waals surface area contributed by atoms with E-state index in [1.54, 1.807) is 0 Å². The van der Waals surface area contributed by atoms with Crippen molar-refractivity contribution in [2.45, 2.75) is 406 Å². The molecule has 3 N–H and O–H groups in total. The molecule has 0 aliphatic heterocycles. The first-order valence-electron chi connectivity index (χ1n) is 38.7. The van der Waals surface area contributed by atoms with Gasteiger partial charge in [-0.2, -0.15) is 0 Å². The summed E-state index contributed by atoms with van der Waals surface area (Å²) in [6.45, 7) is 7.22. The number of carbonyl (C=O) groups is 4. The lowest BCUT2D eigenvalue weighted by Gasteiger charge is -2.21. The van der Waals surface area contributed by atoms with E-state index in [-0.39, 0.29) is 25.7 Å². The second kappa shape index (κ2) is 67.3. The van der Waals surface area contributed by atoms with E-state index in [0.29, 0.717) is 25.7 Å². The maximum atomic E-state index is 13.1. The fourth-order valence-corrected chi connectivity index (χ4v) is 12.9. The largest absolute Gasteiger partial charge is 0.472 e. The zero-order valence-corrected chi connectivity index (χ0v) is 62.2. The summed E-state index contributed by atoms with van der Waals surface area (Å²) in [6, 6.07) is 0. The minimum Gasteiger partial charge on any atom is -0.462 e. The van der Waals surface area contributed by atoms with Gasteiger partial charge in [0.2, 0.25) is 0 Å². The maximum absolute atomic E-state index is 13.1. The Labute approximate surface area is 568 Å². The lowest BCUT2D eigenvalue weighted by Crippen LogP contribution is -2.30. The molecule has 19 heteroatoms. The van der Waals surface area contributed by atoms with Crippen LogP contribution in [0.1, 0.15) is 388 Å². The zero-order valence-electron chi connectivity index (χ0n) is 60.4. The highest BCUT2D eigenvalue weighted by atomic mass is 31.2. The topological polar surface area (TPSA) is 237 Å². The molecule has 0 aromatic heterocycles. The summed E-state index contributed by atoms with van der Waals surface area (Å²) in [5.41, 5.74) is 0. The van der Waals surface area contributed by atoms with E-state index >= 15 is 0 Å². The van der Waals surface area contributed by atoms with Crippen molar-refractivity contribution in [1.82, 2.24) is 0 Å². The highest BCUT2D eigenvalue weighted by Crippen LogP contribution is 2.45. The van der Waals surface area contributed by atoms with Crippen LogP contribution >= 0.6 is 15.6 Å². The van der Waals surface area contributed by atoms with Gasteiger partial charge in [0.1, 0.15) is 19.3 Å². The molecular formula is C74H144O17P2. The lowest BCUT2D eigenvalue weighted by atomic mass is 10.00. The minimum atomic E-state index is -4.95. The van der Waals surface area contributed by atoms with Crippen LogP contribution in [-0.4, -0.2) is 96.7 Å². The van der Waals surface area contributed by atoms with Crippen molar-refractivity contribution in [3.63, 3.8) is 0 Å². The van der Waals surface area contributed by atoms with Crippen LogP contribution in [0.15, 0.2) is 0 Å². The van der Waals surface area contributed by atoms with Gasteiger partial charge in [-0.15, -0.1) is 0 Å². The highest BCUT2D eigenvalue weighted by Gasteiger charge is 2.30. The quantitative estimate of drug-likeness (QED) is 0.0222. The van der Waals surface area contributed by atoms with Crippen LogP contribution in [0.2, 0.25) is 0 Å². The van der Waals surface area contributed by atoms with Gasteiger partial charge >= 0.3 is 39.5 Å². The third-order valence-electron chi connectivity index (χ3n) is 17.6. The molecular weight excluding hydrogens is 1220 g/mol. The average Bonchev–Trinajstić information content (AvgIpc) is 1.77. The smallest absolute Gasteiger partial charge is 0.462 e. The third kappa shape index (κ3) is 67.0. The Morgan fingerprint density at radius 3 is 0.763 bits per heavy atom. The Kier molecular flexibility index (Phi) is 65.9. The molecule has 0 aliphatic rings. The number of rotatable bonds is 74. The number of aliphatic hydroxyl groups is 1. The van der Waals surface area contributed by atoms with E-state index in [4.69, 9.17) is 37.0 Å². The van der Waals surface area contributed by atoms with Gasteiger partial charge < -0.3 is 33.8 Å². The molecule has 6 atom stereocenters. The fourth-order valence-electron chi connectivity index (χ4n) is 11.3. The minimum absolute atomic E-state index is 0.103. The normalized spacial score (nSPS) is 14.3. The van der Waals surface area contributed by atoms with Gasteiger partial charge in [0.25, 0.3) is 0 Å². The van der Waals surface area contributed by atoms with Crippen molar-refractivity contribution in [3.05, 3.63) is 0 Å². The molecule has 0 rings (SSSR count). The molecule has 0 radical (unpaired) electrons. The van der Waals surface area contributed by atoms with Gasteiger partial charge in [-0.25, -0.2) is 9.13 Å². The Hall–Kier alpha value is -1.94. The van der Waals surface area contributed by atoms with E-state index < -0.39 is 97.5 Å². The number of aliphatic hydroxyl groups excluding tert-OH is 1. The number of ether oxygens (including phenoxy) is 4. The highest BCUT2D eigenvalue weighted by molar-refractivity contribution is 7.47. The molecule has 0 spiro atoms. The number of esters is 4. The zero-order chi connectivity index (χ0) is 68.4. The van der Waals surface area contributed by atoms with E-state index in [2.05, 4.69) is 34.6 Å². The van der Waals surface area contributed by atoms with Crippen LogP contribution in [0.5, 0.6) is 0 Å². The first-order valence-corrected chi connectivity index (χ1v) is 41.7. The second-order valence-corrected chi connectivity index (χ2v) is 29.8. The summed E-state index contributed by atoms with van der Waals surface area (Å²) < 4.78 is 68.4. The molecule has 552 valence electrons. The first-order chi connectivity index (χ1) is 45.1. The third-order valence-corrected chi connectivity index (χ3v) is 19.5. The van der Waals surface area contributed by atoms with Crippen molar-refractivity contribution in [2.24, 2.45) is 5.92 Å². The van der Waals surface area contributed by atoms with Gasteiger partial charge in [-0.3, -0.25) is 37.3 Å². The van der Waals surface area contributed by atoms with Crippen molar-refractivity contribution >= 4 is 39.5 Å². The van der Waals surface area contributed by atoms with Gasteiger partial charge in [0.05, 0.1) is 26.4 Å². The Balaban J connectivity index is 5.21. The molecule has 0 amide bonds. The van der Waals surface area contributed by atoms with Crippen LogP contribution in [0.25, 0.3) is 0 Å². The van der Waals surface area contributed by atoms with Crippen LogP contribution in [0.3, 0.4) is 0 Å². The molecule has 0 saturated heterocycles. The predicted octanol–water partition coefficient (Wildman–Crippen LogP) is 21.7. The van der Waals surface area contributed by atoms with Gasteiger partial charge in [-0.05, 0) is 31.6 Å². The van der Waals surface area contributed by atoms with Gasteiger partial charge in [-0.1, -0.05) is 336 Å². The van der Waals surface area contributed by atoms with Gasteiger partial charge in [0, 0.05) is 25.7 Å². The predicted molar refractivity (Wildman–Crippen MR) is 377 cm³/mol. The molecule has 0 aliphatic carbocycles. The van der Waals surface area contributed by atoms with E-state index in [1.807, 2.05) is 0 Å². The number of unbranched alkanes of at least 4 members (excludes halogenated alkanes) is 45. The number of hydrogen-bond acceptors (Lipinski definition) is 15. The molecule has 3 unspecified atom stereocenters. The van der Waals surface area contributed by atoms with Crippen LogP contribution < -0.4 is 0 Å². The summed E-state index contributed by atoms with van der Waals surface area (Å²) in [4.78, 5) is 72.6. The van der Waals surface area contributed by atoms with E-state index in [0.717, 1.165) is 95.8 Å². The fraction of sp³-hybridized carbons (Fsp3) is 0.946.